The highest BCUT2D eigenvalue weighted by Gasteiger charge is 2.61. The monoisotopic (exact) mass is 470 g/mol. The molecule has 158 valence electrons. The molecule has 0 saturated carbocycles. The van der Waals surface area contributed by atoms with Crippen LogP contribution >= 0.6 is 15.9 Å². The maximum absolute atomic E-state index is 13.6. The standard InChI is InChI=1S/C24H27BrN2O3/c1-3-5-9-16(4-2)21-20-22(30-27(21)19-10-7-6-8-11-19)24(29)26(23(20)28)18-14-12-17(25)13-15-18/h6-8,10-16,20-22H,3-5,9H2,1-2H3/t16-,20-,21+,22+/m0/s1. The predicted octanol–water partition coefficient (Wildman–Crippen LogP) is 5.34. The first-order valence-electron chi connectivity index (χ1n) is 10.7. The fraction of sp³-hybridized carbons (Fsp3) is 0.417. The average molecular weight is 471 g/mol. The Balaban J connectivity index is 1.71. The average Bonchev–Trinajstić information content (AvgIpc) is 3.27. The lowest BCUT2D eigenvalue weighted by Gasteiger charge is -2.33. The third-order valence-corrected chi connectivity index (χ3v) is 6.72. The fourth-order valence-corrected chi connectivity index (χ4v) is 4.93. The topological polar surface area (TPSA) is 49.9 Å². The first-order chi connectivity index (χ1) is 14.6. The van der Waals surface area contributed by atoms with Crippen LogP contribution in [0.3, 0.4) is 0 Å². The second kappa shape index (κ2) is 8.90. The number of nitrogens with zero attached hydrogens (tertiary/aromatic N) is 2. The molecule has 2 aliphatic heterocycles. The molecule has 2 fully saturated rings. The summed E-state index contributed by atoms with van der Waals surface area (Å²) in [6.45, 7) is 4.33. The van der Waals surface area contributed by atoms with Gasteiger partial charge < -0.3 is 0 Å². The largest absolute Gasteiger partial charge is 0.273 e. The smallest absolute Gasteiger partial charge is 0.266 e. The van der Waals surface area contributed by atoms with E-state index in [4.69, 9.17) is 4.84 Å². The van der Waals surface area contributed by atoms with Crippen LogP contribution in [0.1, 0.15) is 39.5 Å². The SMILES string of the molecule is CCCC[C@H](CC)[C@@H]1[C@@H]2C(=O)N(c3ccc(Br)cc3)C(=O)[C@@H]2ON1c1ccccc1. The third-order valence-electron chi connectivity index (χ3n) is 6.19. The van der Waals surface area contributed by atoms with Crippen molar-refractivity contribution in [1.82, 2.24) is 0 Å². The van der Waals surface area contributed by atoms with Crippen molar-refractivity contribution in [3.63, 3.8) is 0 Å². The van der Waals surface area contributed by atoms with Gasteiger partial charge in [0.05, 0.1) is 23.3 Å². The van der Waals surface area contributed by atoms with E-state index in [1.165, 1.54) is 4.90 Å². The summed E-state index contributed by atoms with van der Waals surface area (Å²) in [6.07, 6.45) is 3.35. The predicted molar refractivity (Wildman–Crippen MR) is 121 cm³/mol. The number of fused-ring (bicyclic) bond motifs is 1. The van der Waals surface area contributed by atoms with Gasteiger partial charge >= 0.3 is 0 Å². The van der Waals surface area contributed by atoms with Gasteiger partial charge in [-0.25, -0.2) is 9.96 Å². The number of anilines is 2. The normalized spacial score (nSPS) is 24.4. The van der Waals surface area contributed by atoms with Crippen molar-refractivity contribution < 1.29 is 14.4 Å². The molecule has 2 saturated heterocycles. The molecule has 5 nitrogen and oxygen atoms in total. The number of benzene rings is 2. The van der Waals surface area contributed by atoms with Crippen LogP contribution < -0.4 is 9.96 Å². The summed E-state index contributed by atoms with van der Waals surface area (Å²) in [5, 5.41) is 1.84. The number of unbranched alkanes of at least 4 members (excludes halogenated alkanes) is 1. The molecule has 0 aromatic heterocycles. The highest BCUT2D eigenvalue weighted by molar-refractivity contribution is 9.10. The minimum absolute atomic E-state index is 0.161. The first kappa shape index (κ1) is 21.1. The lowest BCUT2D eigenvalue weighted by atomic mass is 9.82. The summed E-state index contributed by atoms with van der Waals surface area (Å²) in [7, 11) is 0. The molecular formula is C24H27BrN2O3. The van der Waals surface area contributed by atoms with Crippen molar-refractivity contribution >= 4 is 39.1 Å². The van der Waals surface area contributed by atoms with Crippen molar-refractivity contribution in [2.24, 2.45) is 11.8 Å². The van der Waals surface area contributed by atoms with Gasteiger partial charge in [-0.15, -0.1) is 0 Å². The number of carbonyl (C=O) groups is 2. The summed E-state index contributed by atoms with van der Waals surface area (Å²) < 4.78 is 0.903. The van der Waals surface area contributed by atoms with E-state index in [0.29, 0.717) is 5.69 Å². The van der Waals surface area contributed by atoms with Gasteiger partial charge in [0.25, 0.3) is 5.91 Å². The van der Waals surface area contributed by atoms with Gasteiger partial charge in [-0.2, -0.15) is 0 Å². The zero-order valence-corrected chi connectivity index (χ0v) is 18.9. The Morgan fingerprint density at radius 1 is 0.967 bits per heavy atom. The molecule has 2 heterocycles. The highest BCUT2D eigenvalue weighted by Crippen LogP contribution is 2.44. The molecule has 0 spiro atoms. The Hall–Kier alpha value is -2.18. The lowest BCUT2D eigenvalue weighted by molar-refractivity contribution is -0.126. The molecule has 2 aromatic carbocycles. The van der Waals surface area contributed by atoms with E-state index >= 15 is 0 Å². The molecule has 4 atom stereocenters. The van der Waals surface area contributed by atoms with Crippen LogP contribution in [0, 0.1) is 11.8 Å². The van der Waals surface area contributed by atoms with Crippen LogP contribution in [-0.4, -0.2) is 24.0 Å². The van der Waals surface area contributed by atoms with E-state index in [1.54, 1.807) is 12.1 Å². The van der Waals surface area contributed by atoms with Gasteiger partial charge in [-0.05, 0) is 48.7 Å². The number of hydrogen-bond donors (Lipinski definition) is 0. The molecule has 0 bridgehead atoms. The number of hydroxylamine groups is 1. The van der Waals surface area contributed by atoms with Crippen LogP contribution in [-0.2, 0) is 14.4 Å². The molecule has 0 radical (unpaired) electrons. The summed E-state index contributed by atoms with van der Waals surface area (Å²) in [5.74, 6) is -0.670. The second-order valence-electron chi connectivity index (χ2n) is 8.00. The van der Waals surface area contributed by atoms with E-state index in [0.717, 1.165) is 35.8 Å². The van der Waals surface area contributed by atoms with Crippen molar-refractivity contribution in [3.8, 4) is 0 Å². The minimum Gasteiger partial charge on any atom is -0.273 e. The summed E-state index contributed by atoms with van der Waals surface area (Å²) in [4.78, 5) is 34.3. The Labute approximate surface area is 186 Å². The van der Waals surface area contributed by atoms with E-state index in [-0.39, 0.29) is 23.8 Å². The molecule has 30 heavy (non-hydrogen) atoms. The zero-order valence-electron chi connectivity index (χ0n) is 17.3. The third kappa shape index (κ3) is 3.67. The second-order valence-corrected chi connectivity index (χ2v) is 8.92. The minimum atomic E-state index is -0.776. The Kier molecular flexibility index (Phi) is 6.25. The molecule has 2 aliphatic rings. The Bertz CT molecular complexity index is 902. The molecule has 0 aliphatic carbocycles. The van der Waals surface area contributed by atoms with Gasteiger partial charge in [-0.3, -0.25) is 14.4 Å². The molecule has 6 heteroatoms. The van der Waals surface area contributed by atoms with Crippen molar-refractivity contribution in [2.75, 3.05) is 9.96 Å². The maximum Gasteiger partial charge on any atom is 0.266 e. The highest BCUT2D eigenvalue weighted by atomic mass is 79.9. The molecule has 4 rings (SSSR count). The molecule has 2 amide bonds. The van der Waals surface area contributed by atoms with Gasteiger partial charge in [0.2, 0.25) is 5.91 Å². The number of halogens is 1. The summed E-state index contributed by atoms with van der Waals surface area (Å²) >= 11 is 3.41. The Morgan fingerprint density at radius 3 is 2.30 bits per heavy atom. The van der Waals surface area contributed by atoms with Crippen molar-refractivity contribution in [3.05, 3.63) is 59.1 Å². The lowest BCUT2D eigenvalue weighted by Crippen LogP contribution is -2.44. The number of amides is 2. The zero-order chi connectivity index (χ0) is 21.3. The van der Waals surface area contributed by atoms with E-state index < -0.39 is 12.0 Å². The van der Waals surface area contributed by atoms with Crippen LogP contribution in [0.4, 0.5) is 11.4 Å². The summed E-state index contributed by atoms with van der Waals surface area (Å²) in [6, 6.07) is 16.9. The number of imide groups is 1. The molecular weight excluding hydrogens is 444 g/mol. The van der Waals surface area contributed by atoms with Gasteiger partial charge in [-0.1, -0.05) is 67.2 Å². The first-order valence-corrected chi connectivity index (χ1v) is 11.5. The van der Waals surface area contributed by atoms with Crippen molar-refractivity contribution in [1.29, 1.82) is 0 Å². The molecule has 0 N–H and O–H groups in total. The quantitative estimate of drug-likeness (QED) is 0.512. The van der Waals surface area contributed by atoms with Crippen LogP contribution in [0.5, 0.6) is 0 Å². The number of rotatable bonds is 7. The van der Waals surface area contributed by atoms with Crippen LogP contribution in [0.2, 0.25) is 0 Å². The van der Waals surface area contributed by atoms with E-state index in [9.17, 15) is 9.59 Å². The van der Waals surface area contributed by atoms with Gasteiger partial charge in [0.1, 0.15) is 0 Å². The molecule has 0 unspecified atom stereocenters. The molecule has 2 aromatic rings. The Morgan fingerprint density at radius 2 is 1.67 bits per heavy atom. The summed E-state index contributed by atoms with van der Waals surface area (Å²) in [5.41, 5.74) is 1.49. The van der Waals surface area contributed by atoms with Gasteiger partial charge in [0.15, 0.2) is 6.10 Å². The van der Waals surface area contributed by atoms with E-state index in [2.05, 4.69) is 29.8 Å². The number of carbonyl (C=O) groups excluding carboxylic acids is 2. The van der Waals surface area contributed by atoms with Crippen molar-refractivity contribution in [2.45, 2.75) is 51.7 Å². The number of hydrogen-bond acceptors (Lipinski definition) is 4. The van der Waals surface area contributed by atoms with Crippen LogP contribution in [0.15, 0.2) is 59.1 Å². The maximum atomic E-state index is 13.6. The van der Waals surface area contributed by atoms with Gasteiger partial charge in [0, 0.05) is 4.47 Å². The fourth-order valence-electron chi connectivity index (χ4n) is 4.66. The number of para-hydroxylation sites is 1. The van der Waals surface area contributed by atoms with E-state index in [1.807, 2.05) is 47.5 Å². The van der Waals surface area contributed by atoms with Crippen LogP contribution in [0.25, 0.3) is 0 Å².